The maximum atomic E-state index is 14.8. The minimum Gasteiger partial charge on any atom is -0.379 e. The molecule has 3 heterocycles. The van der Waals surface area contributed by atoms with E-state index in [9.17, 15) is 9.18 Å². The lowest BCUT2D eigenvalue weighted by Crippen LogP contribution is -2.38. The van der Waals surface area contributed by atoms with Gasteiger partial charge < -0.3 is 10.1 Å². The molecule has 38 heavy (non-hydrogen) atoms. The summed E-state index contributed by atoms with van der Waals surface area (Å²) in [6, 6.07) is 13.7. The van der Waals surface area contributed by atoms with Gasteiger partial charge in [0, 0.05) is 30.6 Å². The molecule has 5 rings (SSSR count). The minimum absolute atomic E-state index is 0.185. The lowest BCUT2D eigenvalue weighted by atomic mass is 10.2. The molecule has 1 N–H and O–H groups in total. The van der Waals surface area contributed by atoms with Gasteiger partial charge in [0.2, 0.25) is 0 Å². The number of morpholine rings is 1. The summed E-state index contributed by atoms with van der Waals surface area (Å²) in [4.78, 5) is 19.4. The van der Waals surface area contributed by atoms with Crippen LogP contribution in [0.4, 0.5) is 4.39 Å². The van der Waals surface area contributed by atoms with Crippen molar-refractivity contribution in [2.24, 2.45) is 0 Å². The summed E-state index contributed by atoms with van der Waals surface area (Å²) in [5.41, 5.74) is 1.37. The van der Waals surface area contributed by atoms with Crippen molar-refractivity contribution in [1.29, 1.82) is 0 Å². The predicted molar refractivity (Wildman–Crippen MR) is 148 cm³/mol. The van der Waals surface area contributed by atoms with Gasteiger partial charge in [-0.15, -0.1) is 21.5 Å². The molecule has 4 aromatic rings. The van der Waals surface area contributed by atoms with Crippen LogP contribution in [0.15, 0.2) is 59.1 Å². The molecule has 2 aromatic carbocycles. The van der Waals surface area contributed by atoms with Crippen LogP contribution in [0.1, 0.15) is 21.9 Å². The van der Waals surface area contributed by atoms with Crippen LogP contribution >= 0.6 is 34.7 Å². The Morgan fingerprint density at radius 1 is 1.13 bits per heavy atom. The third kappa shape index (κ3) is 6.41. The summed E-state index contributed by atoms with van der Waals surface area (Å²) < 4.78 is 21.9. The number of benzene rings is 2. The number of carbonyl (C=O) groups is 1. The Balaban J connectivity index is 1.25. The fraction of sp³-hybridized carbons (Fsp3) is 0.308. The molecule has 2 aromatic heterocycles. The van der Waals surface area contributed by atoms with Gasteiger partial charge in [0.05, 0.1) is 29.7 Å². The Labute approximate surface area is 233 Å². The van der Waals surface area contributed by atoms with Crippen LogP contribution in [0, 0.1) is 5.82 Å². The zero-order valence-corrected chi connectivity index (χ0v) is 22.9. The number of thiazole rings is 1. The average molecular weight is 573 g/mol. The number of thioether (sulfide) groups is 1. The Kier molecular flexibility index (Phi) is 9.02. The lowest BCUT2D eigenvalue weighted by Gasteiger charge is -2.26. The van der Waals surface area contributed by atoms with E-state index in [1.165, 1.54) is 29.2 Å². The highest BCUT2D eigenvalue weighted by molar-refractivity contribution is 7.98. The molecule has 8 nitrogen and oxygen atoms in total. The fourth-order valence-corrected chi connectivity index (χ4v) is 6.02. The zero-order valence-electron chi connectivity index (χ0n) is 20.5. The van der Waals surface area contributed by atoms with E-state index in [1.807, 2.05) is 18.2 Å². The Bertz CT molecular complexity index is 1390. The van der Waals surface area contributed by atoms with Gasteiger partial charge in [-0.05, 0) is 37.2 Å². The number of amides is 1. The summed E-state index contributed by atoms with van der Waals surface area (Å²) in [7, 11) is 0. The summed E-state index contributed by atoms with van der Waals surface area (Å²) in [5.74, 6) is 0.308. The quantitative estimate of drug-likeness (QED) is 0.213. The number of hydrogen-bond acceptors (Lipinski definition) is 8. The largest absolute Gasteiger partial charge is 0.379 e. The van der Waals surface area contributed by atoms with Crippen LogP contribution in [0.2, 0.25) is 5.02 Å². The van der Waals surface area contributed by atoms with E-state index in [0.29, 0.717) is 45.2 Å². The van der Waals surface area contributed by atoms with E-state index in [2.05, 4.69) is 25.4 Å². The highest BCUT2D eigenvalue weighted by Crippen LogP contribution is 2.34. The number of carbonyl (C=O) groups excluding carboxylic acids is 1. The summed E-state index contributed by atoms with van der Waals surface area (Å²) in [6.45, 7) is 4.93. The second-order valence-electron chi connectivity index (χ2n) is 8.55. The first-order valence-corrected chi connectivity index (χ1v) is 14.4. The molecule has 0 saturated carbocycles. The van der Waals surface area contributed by atoms with Crippen molar-refractivity contribution in [3.63, 3.8) is 0 Å². The van der Waals surface area contributed by atoms with Crippen LogP contribution in [0.5, 0.6) is 0 Å². The summed E-state index contributed by atoms with van der Waals surface area (Å²) >= 11 is 9.19. The third-order valence-corrected chi connectivity index (χ3v) is 8.29. The third-order valence-electron chi connectivity index (χ3n) is 5.99. The molecule has 0 bridgehead atoms. The number of rotatable bonds is 10. The predicted octanol–water partition coefficient (Wildman–Crippen LogP) is 4.93. The highest BCUT2D eigenvalue weighted by atomic mass is 35.5. The molecule has 12 heteroatoms. The van der Waals surface area contributed by atoms with Crippen molar-refractivity contribution < 1.29 is 13.9 Å². The van der Waals surface area contributed by atoms with Crippen LogP contribution in [-0.4, -0.2) is 69.9 Å². The van der Waals surface area contributed by atoms with Gasteiger partial charge in [0.1, 0.15) is 16.5 Å². The van der Waals surface area contributed by atoms with Crippen molar-refractivity contribution in [3.8, 4) is 17.1 Å². The zero-order chi connectivity index (χ0) is 26.3. The average Bonchev–Trinajstić information content (AvgIpc) is 3.58. The number of hydrogen-bond donors (Lipinski definition) is 1. The van der Waals surface area contributed by atoms with Gasteiger partial charge in [0.15, 0.2) is 11.0 Å². The van der Waals surface area contributed by atoms with Gasteiger partial charge in [-0.25, -0.2) is 9.37 Å². The first-order valence-electron chi connectivity index (χ1n) is 12.2. The fourth-order valence-electron chi connectivity index (χ4n) is 4.06. The summed E-state index contributed by atoms with van der Waals surface area (Å²) in [5, 5.41) is 15.1. The molecule has 0 spiro atoms. The second-order valence-corrected chi connectivity index (χ2v) is 10.8. The number of nitrogens with one attached hydrogen (secondary N) is 1. The molecule has 1 fully saturated rings. The van der Waals surface area contributed by atoms with Crippen molar-refractivity contribution in [3.05, 3.63) is 75.5 Å². The smallest absolute Gasteiger partial charge is 0.270 e. The van der Waals surface area contributed by atoms with Gasteiger partial charge >= 0.3 is 0 Å². The number of ether oxygens (including phenoxy) is 1. The number of nitrogens with zero attached hydrogens (tertiary/aromatic N) is 5. The van der Waals surface area contributed by atoms with Crippen molar-refractivity contribution in [2.45, 2.75) is 17.3 Å². The molecule has 1 saturated heterocycles. The van der Waals surface area contributed by atoms with Crippen molar-refractivity contribution in [2.75, 3.05) is 39.4 Å². The van der Waals surface area contributed by atoms with Crippen LogP contribution < -0.4 is 5.32 Å². The van der Waals surface area contributed by atoms with E-state index in [0.717, 1.165) is 44.3 Å². The molecule has 0 radical (unpaired) electrons. The van der Waals surface area contributed by atoms with E-state index in [-0.39, 0.29) is 5.91 Å². The van der Waals surface area contributed by atoms with Gasteiger partial charge in [-0.1, -0.05) is 47.6 Å². The topological polar surface area (TPSA) is 85.2 Å². The van der Waals surface area contributed by atoms with Crippen molar-refractivity contribution in [1.82, 2.24) is 30.0 Å². The number of para-hydroxylation sites is 1. The van der Waals surface area contributed by atoms with Gasteiger partial charge in [0.25, 0.3) is 5.91 Å². The molecule has 198 valence electrons. The monoisotopic (exact) mass is 572 g/mol. The molecule has 0 aliphatic carbocycles. The molecular formula is C26H26ClFN6O2S2. The first kappa shape index (κ1) is 26.8. The molecule has 1 aliphatic heterocycles. The van der Waals surface area contributed by atoms with Gasteiger partial charge in [-0.2, -0.15) is 0 Å². The maximum absolute atomic E-state index is 14.8. The normalized spacial score (nSPS) is 14.1. The van der Waals surface area contributed by atoms with E-state index < -0.39 is 5.82 Å². The second kappa shape index (κ2) is 12.8. The van der Waals surface area contributed by atoms with E-state index in [1.54, 1.807) is 34.2 Å². The SMILES string of the molecule is O=C(NCCCN1CCOCC1)c1csc(CSc2nnc(-c3ccccc3Cl)n2-c2ccccc2F)n1. The Morgan fingerprint density at radius 3 is 2.74 bits per heavy atom. The molecule has 1 amide bonds. The lowest BCUT2D eigenvalue weighted by molar-refractivity contribution is 0.0374. The molecular weight excluding hydrogens is 547 g/mol. The molecule has 1 aliphatic rings. The van der Waals surface area contributed by atoms with Crippen LogP contribution in [0.25, 0.3) is 17.1 Å². The minimum atomic E-state index is -0.399. The molecule has 0 unspecified atom stereocenters. The van der Waals surface area contributed by atoms with E-state index in [4.69, 9.17) is 16.3 Å². The maximum Gasteiger partial charge on any atom is 0.270 e. The van der Waals surface area contributed by atoms with Crippen LogP contribution in [0.3, 0.4) is 0 Å². The highest BCUT2D eigenvalue weighted by Gasteiger charge is 2.21. The Hall–Kier alpha value is -2.83. The van der Waals surface area contributed by atoms with Gasteiger partial charge in [-0.3, -0.25) is 14.3 Å². The molecule has 0 atom stereocenters. The first-order chi connectivity index (χ1) is 18.6. The number of aromatic nitrogens is 4. The number of halogens is 2. The van der Waals surface area contributed by atoms with E-state index >= 15 is 0 Å². The summed E-state index contributed by atoms with van der Waals surface area (Å²) in [6.07, 6.45) is 0.873. The van der Waals surface area contributed by atoms with Crippen molar-refractivity contribution >= 4 is 40.6 Å². The standard InChI is InChI=1S/C26H26ClFN6O2S2/c27-19-7-2-1-6-18(19)24-31-32-26(34(24)22-9-4-3-8-20(22)28)38-17-23-30-21(16-37-23)25(35)29-10-5-11-33-12-14-36-15-13-33/h1-4,6-9,16H,5,10-15,17H2,(H,29,35). The van der Waals surface area contributed by atoms with Crippen LogP contribution in [-0.2, 0) is 10.5 Å². The Morgan fingerprint density at radius 2 is 1.92 bits per heavy atom.